The molecule has 1 aliphatic rings. The molecule has 0 fully saturated rings. The van der Waals surface area contributed by atoms with Gasteiger partial charge in [0.15, 0.2) is 5.82 Å². The molecule has 0 radical (unpaired) electrons. The van der Waals surface area contributed by atoms with Crippen molar-refractivity contribution >= 4 is 38.2 Å². The van der Waals surface area contributed by atoms with Crippen molar-refractivity contribution in [1.82, 2.24) is 14.5 Å². The third kappa shape index (κ3) is 7.64. The predicted octanol–water partition coefficient (Wildman–Crippen LogP) is 16.1. The first-order chi connectivity index (χ1) is 33.6. The highest BCUT2D eigenvalue weighted by molar-refractivity contribution is 6.19. The van der Waals surface area contributed by atoms with Crippen LogP contribution in [0.3, 0.4) is 0 Å². The number of hydrogen-bond donors (Lipinski definition) is 0. The van der Waals surface area contributed by atoms with E-state index in [1.54, 1.807) is 0 Å². The summed E-state index contributed by atoms with van der Waals surface area (Å²) in [5.41, 5.74) is 16.3. The number of aromatic nitrogens is 3. The van der Waals surface area contributed by atoms with Gasteiger partial charge in [-0.3, -0.25) is 0 Å². The number of para-hydroxylation sites is 1. The third-order valence-corrected chi connectivity index (χ3v) is 13.0. The fourth-order valence-corrected chi connectivity index (χ4v) is 9.61. The van der Waals surface area contributed by atoms with Crippen molar-refractivity contribution in [3.63, 3.8) is 0 Å². The van der Waals surface area contributed by atoms with Crippen LogP contribution in [0.15, 0.2) is 260 Å². The molecule has 11 aromatic rings. The maximum Gasteiger partial charge on any atom is 0.160 e. The van der Waals surface area contributed by atoms with Gasteiger partial charge in [-0.15, -0.1) is 0 Å². The van der Waals surface area contributed by atoms with E-state index in [1.165, 1.54) is 43.6 Å². The van der Waals surface area contributed by atoms with Crippen LogP contribution in [-0.2, 0) is 6.42 Å². The second kappa shape index (κ2) is 17.4. The molecule has 4 heteroatoms. The standard InChI is InChI=1S/C64H44N4/c1-43-15-5-2-10-23-57-56-22-13-14-24-61(56)68(63(57)62(65-43)53-36-31-49-30-29-48-20-11-12-21-55(48)58(49)41-53)54-39-37-52(38-40-54)64-66-59(50-32-25-46(26-33-50)44-16-6-3-7-17-44)42-60(67-64)51-34-27-47(28-35-51)45-18-8-4-9-19-45/h2-22,24-42H,1,23H2/b10-2-,15-5-,65-62?. The first-order valence-electron chi connectivity index (χ1n) is 23.1. The Hall–Kier alpha value is -8.99. The van der Waals surface area contributed by atoms with Crippen molar-refractivity contribution in [2.75, 3.05) is 0 Å². The predicted molar refractivity (Wildman–Crippen MR) is 284 cm³/mol. The Kier molecular flexibility index (Phi) is 10.4. The van der Waals surface area contributed by atoms with Gasteiger partial charge in [0, 0.05) is 33.3 Å². The molecule has 0 saturated carbocycles. The van der Waals surface area contributed by atoms with Crippen LogP contribution in [0.1, 0.15) is 16.8 Å². The van der Waals surface area contributed by atoms with Crippen LogP contribution in [0.4, 0.5) is 0 Å². The maximum atomic E-state index is 5.37. The molecule has 0 atom stereocenters. The summed E-state index contributed by atoms with van der Waals surface area (Å²) in [5.74, 6) is 0.655. The monoisotopic (exact) mass is 868 g/mol. The molecule has 320 valence electrons. The Morgan fingerprint density at radius 1 is 0.412 bits per heavy atom. The quantitative estimate of drug-likeness (QED) is 0.150. The van der Waals surface area contributed by atoms with E-state index in [0.29, 0.717) is 11.5 Å². The summed E-state index contributed by atoms with van der Waals surface area (Å²) in [7, 11) is 0. The fourth-order valence-electron chi connectivity index (χ4n) is 9.61. The van der Waals surface area contributed by atoms with Crippen LogP contribution in [0, 0.1) is 0 Å². The fraction of sp³-hybridized carbons (Fsp3) is 0.0156. The van der Waals surface area contributed by atoms with Crippen molar-refractivity contribution in [3.8, 4) is 61.8 Å². The molecular formula is C64H44N4. The van der Waals surface area contributed by atoms with Crippen molar-refractivity contribution < 1.29 is 0 Å². The largest absolute Gasteiger partial charge is 0.307 e. The number of allylic oxidation sites excluding steroid dienone is 4. The molecule has 12 rings (SSSR count). The van der Waals surface area contributed by atoms with Gasteiger partial charge in [0.05, 0.1) is 34.0 Å². The SMILES string of the molecule is C=C1/C=C\C=C/Cc2c(n(-c3ccc(-c4nc(-c5ccc(-c6ccccc6)cc5)cc(-c5ccc(-c6ccccc6)cc5)n4)cc3)c3ccccc23)C(c2ccc3ccc4ccccc4c3c2)=N1. The highest BCUT2D eigenvalue weighted by Crippen LogP contribution is 2.37. The van der Waals surface area contributed by atoms with Gasteiger partial charge >= 0.3 is 0 Å². The van der Waals surface area contributed by atoms with Crippen LogP contribution in [0.25, 0.3) is 94.3 Å². The van der Waals surface area contributed by atoms with E-state index >= 15 is 0 Å². The number of nitrogens with zero attached hydrogens (tertiary/aromatic N) is 4. The van der Waals surface area contributed by atoms with E-state index in [-0.39, 0.29) is 0 Å². The summed E-state index contributed by atoms with van der Waals surface area (Å²) in [6, 6.07) is 77.5. The summed E-state index contributed by atoms with van der Waals surface area (Å²) < 4.78 is 2.37. The number of rotatable bonds is 7. The number of benzene rings is 9. The van der Waals surface area contributed by atoms with E-state index in [1.807, 2.05) is 24.3 Å². The highest BCUT2D eigenvalue weighted by Gasteiger charge is 2.24. The van der Waals surface area contributed by atoms with Gasteiger partial charge in [-0.1, -0.05) is 201 Å². The summed E-state index contributed by atoms with van der Waals surface area (Å²) in [5, 5.41) is 5.99. The second-order valence-corrected chi connectivity index (χ2v) is 17.2. The summed E-state index contributed by atoms with van der Waals surface area (Å²) in [6.45, 7) is 4.41. The van der Waals surface area contributed by atoms with Crippen molar-refractivity contribution in [3.05, 3.63) is 272 Å². The lowest BCUT2D eigenvalue weighted by Crippen LogP contribution is -2.13. The zero-order valence-electron chi connectivity index (χ0n) is 37.3. The molecule has 3 heterocycles. The van der Waals surface area contributed by atoms with Crippen molar-refractivity contribution in [2.45, 2.75) is 6.42 Å². The molecule has 2 aromatic heterocycles. The van der Waals surface area contributed by atoms with Crippen LogP contribution in [-0.4, -0.2) is 20.2 Å². The lowest BCUT2D eigenvalue weighted by Gasteiger charge is -2.17. The Morgan fingerprint density at radius 3 is 1.59 bits per heavy atom. The molecular weight excluding hydrogens is 825 g/mol. The molecule has 4 nitrogen and oxygen atoms in total. The molecule has 0 saturated heterocycles. The van der Waals surface area contributed by atoms with Crippen LogP contribution in [0.5, 0.6) is 0 Å². The van der Waals surface area contributed by atoms with Crippen LogP contribution < -0.4 is 0 Å². The Balaban J connectivity index is 0.997. The van der Waals surface area contributed by atoms with Gasteiger partial charge in [0.1, 0.15) is 0 Å². The first-order valence-corrected chi connectivity index (χ1v) is 23.1. The van der Waals surface area contributed by atoms with Gasteiger partial charge in [0.25, 0.3) is 0 Å². The Labute approximate surface area is 395 Å². The molecule has 1 aliphatic heterocycles. The van der Waals surface area contributed by atoms with Crippen molar-refractivity contribution in [1.29, 1.82) is 0 Å². The van der Waals surface area contributed by atoms with Crippen molar-refractivity contribution in [2.24, 2.45) is 4.99 Å². The highest BCUT2D eigenvalue weighted by atomic mass is 15.0. The minimum absolute atomic E-state index is 0.655. The van der Waals surface area contributed by atoms with Gasteiger partial charge < -0.3 is 4.57 Å². The minimum Gasteiger partial charge on any atom is -0.307 e. The van der Waals surface area contributed by atoms with E-state index < -0.39 is 0 Å². The molecule has 0 spiro atoms. The van der Waals surface area contributed by atoms with E-state index in [4.69, 9.17) is 15.0 Å². The minimum atomic E-state index is 0.655. The Morgan fingerprint density at radius 2 is 0.926 bits per heavy atom. The second-order valence-electron chi connectivity index (χ2n) is 17.2. The maximum absolute atomic E-state index is 5.37. The molecule has 0 bridgehead atoms. The summed E-state index contributed by atoms with van der Waals surface area (Å²) in [4.78, 5) is 15.9. The van der Waals surface area contributed by atoms with Gasteiger partial charge in [-0.2, -0.15) is 0 Å². The van der Waals surface area contributed by atoms with Gasteiger partial charge in [-0.25, -0.2) is 15.0 Å². The zero-order valence-corrected chi connectivity index (χ0v) is 37.3. The topological polar surface area (TPSA) is 43.1 Å². The van der Waals surface area contributed by atoms with Gasteiger partial charge in [-0.05, 0) is 104 Å². The zero-order chi connectivity index (χ0) is 45.4. The smallest absolute Gasteiger partial charge is 0.160 e. The number of fused-ring (bicyclic) bond motifs is 6. The molecule has 68 heavy (non-hydrogen) atoms. The number of aliphatic imine (C=N–C) groups is 1. The lowest BCUT2D eigenvalue weighted by molar-refractivity contribution is 1.08. The van der Waals surface area contributed by atoms with Gasteiger partial charge in [0.2, 0.25) is 0 Å². The number of hydrogen-bond acceptors (Lipinski definition) is 3. The average Bonchev–Trinajstić information content (AvgIpc) is 3.74. The molecule has 0 unspecified atom stereocenters. The lowest BCUT2D eigenvalue weighted by atomic mass is 9.95. The van der Waals surface area contributed by atoms with E-state index in [0.717, 1.165) is 73.8 Å². The normalized spacial score (nSPS) is 13.6. The molecule has 0 aliphatic carbocycles. The Bertz CT molecular complexity index is 3680. The summed E-state index contributed by atoms with van der Waals surface area (Å²) >= 11 is 0. The molecule has 9 aromatic carbocycles. The third-order valence-electron chi connectivity index (χ3n) is 13.0. The van der Waals surface area contributed by atoms with Crippen LogP contribution in [0.2, 0.25) is 0 Å². The first kappa shape index (κ1) is 40.5. The molecule has 0 amide bonds. The summed E-state index contributed by atoms with van der Waals surface area (Å²) in [6.07, 6.45) is 9.07. The van der Waals surface area contributed by atoms with Crippen LogP contribution >= 0.6 is 0 Å². The van der Waals surface area contributed by atoms with E-state index in [9.17, 15) is 0 Å². The molecule has 0 N–H and O–H groups in total. The average molecular weight is 869 g/mol. The van der Waals surface area contributed by atoms with E-state index in [2.05, 4.69) is 230 Å².